The summed E-state index contributed by atoms with van der Waals surface area (Å²) in [5.41, 5.74) is 0. The molecule has 0 saturated heterocycles. The van der Waals surface area contributed by atoms with Crippen LogP contribution in [0.4, 0.5) is 0 Å². The van der Waals surface area contributed by atoms with Crippen molar-refractivity contribution >= 4 is 30.9 Å². The van der Waals surface area contributed by atoms with Crippen molar-refractivity contribution in [2.24, 2.45) is 11.8 Å². The van der Waals surface area contributed by atoms with Crippen molar-refractivity contribution < 1.29 is 4.43 Å². The van der Waals surface area contributed by atoms with Gasteiger partial charge in [0, 0.05) is 35.1 Å². The minimum absolute atomic E-state index is 0.326. The maximum absolute atomic E-state index is 6.16. The molecule has 1 saturated carbocycles. The van der Waals surface area contributed by atoms with Gasteiger partial charge in [-0.05, 0) is 34.4 Å². The first-order chi connectivity index (χ1) is 6.78. The molecule has 86 valence electrons. The largest absolute Gasteiger partial charge is 0.417 e. The van der Waals surface area contributed by atoms with E-state index < -0.39 is 8.32 Å². The lowest BCUT2D eigenvalue weighted by atomic mass is 10.2. The summed E-state index contributed by atoms with van der Waals surface area (Å²) in [6.07, 6.45) is 1.24. The molecule has 1 nitrogen and oxygen atoms in total. The maximum Gasteiger partial charge on any atom is 0.191 e. The van der Waals surface area contributed by atoms with Gasteiger partial charge in [-0.25, -0.2) is 0 Å². The summed E-state index contributed by atoms with van der Waals surface area (Å²) in [5.74, 6) is 4.54. The summed E-state index contributed by atoms with van der Waals surface area (Å²) in [6.45, 7) is 12.4. The first kappa shape index (κ1) is 13.5. The van der Waals surface area contributed by atoms with E-state index in [4.69, 9.17) is 4.43 Å². The molecule has 1 aliphatic rings. The van der Waals surface area contributed by atoms with Crippen molar-refractivity contribution in [2.45, 2.75) is 45.3 Å². The van der Waals surface area contributed by atoms with Crippen molar-refractivity contribution in [3.05, 3.63) is 0 Å². The molecular weight excluding hydrogens is 315 g/mol. The molecule has 0 amide bonds. The van der Waals surface area contributed by atoms with Crippen LogP contribution in [0.2, 0.25) is 18.1 Å². The molecule has 0 bridgehead atoms. The first-order valence-corrected chi connectivity index (χ1v) is 9.52. The van der Waals surface area contributed by atoms with E-state index in [9.17, 15) is 0 Å². The maximum atomic E-state index is 6.16. The van der Waals surface area contributed by atoms with Crippen molar-refractivity contribution in [1.82, 2.24) is 0 Å². The highest BCUT2D eigenvalue weighted by Crippen LogP contribution is 2.42. The van der Waals surface area contributed by atoms with Gasteiger partial charge >= 0.3 is 0 Å². The Balaban J connectivity index is 2.35. The van der Waals surface area contributed by atoms with Gasteiger partial charge in [-0.15, -0.1) is 0 Å². The van der Waals surface area contributed by atoms with Gasteiger partial charge in [0.2, 0.25) is 0 Å². The zero-order valence-corrected chi connectivity index (χ0v) is 13.5. The predicted molar refractivity (Wildman–Crippen MR) is 76.5 cm³/mol. The zero-order valence-electron chi connectivity index (χ0n) is 10.4. The van der Waals surface area contributed by atoms with Crippen LogP contribution < -0.4 is 0 Å². The van der Waals surface area contributed by atoms with E-state index in [2.05, 4.69) is 66.3 Å². The fraction of sp³-hybridized carbons (Fsp3) is 0.833. The number of hydrogen-bond acceptors (Lipinski definition) is 1. The van der Waals surface area contributed by atoms with Gasteiger partial charge in [0.1, 0.15) is 0 Å². The summed E-state index contributed by atoms with van der Waals surface area (Å²) in [4.78, 5) is 0. The summed E-state index contributed by atoms with van der Waals surface area (Å²) >= 11 is 2.12. The Morgan fingerprint density at radius 3 is 2.47 bits per heavy atom. The average Bonchev–Trinajstić information content (AvgIpc) is 2.79. The molecular formula is C12H21IOSi. The van der Waals surface area contributed by atoms with Crippen LogP contribution in [0.15, 0.2) is 0 Å². The van der Waals surface area contributed by atoms with Crippen LogP contribution in [0, 0.1) is 21.7 Å². The predicted octanol–water partition coefficient (Wildman–Crippen LogP) is 4.04. The molecule has 1 aliphatic carbocycles. The van der Waals surface area contributed by atoms with Gasteiger partial charge in [-0.3, -0.25) is 0 Å². The van der Waals surface area contributed by atoms with Gasteiger partial charge in [0.25, 0.3) is 0 Å². The fourth-order valence-corrected chi connectivity index (χ4v) is 2.67. The average molecular weight is 336 g/mol. The summed E-state index contributed by atoms with van der Waals surface area (Å²) in [5, 5.41) is 0.326. The summed E-state index contributed by atoms with van der Waals surface area (Å²) in [7, 11) is -1.53. The minimum Gasteiger partial charge on any atom is -0.417 e. The van der Waals surface area contributed by atoms with Gasteiger partial charge in [-0.2, -0.15) is 0 Å². The fourth-order valence-electron chi connectivity index (χ4n) is 1.21. The van der Waals surface area contributed by atoms with E-state index in [1.165, 1.54) is 6.42 Å². The second-order valence-corrected chi connectivity index (χ2v) is 11.3. The normalized spacial score (nSPS) is 25.7. The number of halogens is 1. The minimum atomic E-state index is -1.53. The van der Waals surface area contributed by atoms with Crippen LogP contribution in [-0.2, 0) is 4.43 Å². The Bertz CT molecular complexity index is 282. The number of rotatable bonds is 3. The third-order valence-electron chi connectivity index (χ3n) is 3.63. The quantitative estimate of drug-likeness (QED) is 0.429. The molecule has 0 aromatic heterocycles. The highest BCUT2D eigenvalue weighted by molar-refractivity contribution is 14.1. The SMILES string of the molecule is CC(C)(C)[Si](C)(C)OC[C@@H]1C[C@H]1C#CI. The van der Waals surface area contributed by atoms with Crippen molar-refractivity contribution in [2.75, 3.05) is 6.61 Å². The van der Waals surface area contributed by atoms with Crippen LogP contribution >= 0.6 is 22.6 Å². The van der Waals surface area contributed by atoms with E-state index in [1.807, 2.05) is 0 Å². The lowest BCUT2D eigenvalue weighted by Crippen LogP contribution is -2.41. The Labute approximate surface area is 109 Å². The standard InChI is InChI=1S/C12H21IOSi/c1-12(2,3)15(4,5)14-9-11-8-10(11)6-7-13/h10-11H,8-9H2,1-5H3/t10-,11+/m1/s1. The van der Waals surface area contributed by atoms with Crippen LogP contribution in [0.25, 0.3) is 0 Å². The molecule has 3 heteroatoms. The first-order valence-electron chi connectivity index (χ1n) is 5.53. The molecule has 2 atom stereocenters. The zero-order chi connectivity index (χ0) is 11.7. The Morgan fingerprint density at radius 1 is 1.40 bits per heavy atom. The van der Waals surface area contributed by atoms with Gasteiger partial charge in [0.05, 0.1) is 0 Å². The van der Waals surface area contributed by atoms with Crippen molar-refractivity contribution in [1.29, 1.82) is 0 Å². The van der Waals surface area contributed by atoms with E-state index in [0.717, 1.165) is 6.61 Å². The highest BCUT2D eigenvalue weighted by Gasteiger charge is 2.41. The third kappa shape index (κ3) is 3.76. The van der Waals surface area contributed by atoms with Crippen LogP contribution in [0.3, 0.4) is 0 Å². The molecule has 1 rings (SSSR count). The molecule has 0 N–H and O–H groups in total. The second kappa shape index (κ2) is 4.76. The molecule has 15 heavy (non-hydrogen) atoms. The Morgan fingerprint density at radius 2 is 2.00 bits per heavy atom. The van der Waals surface area contributed by atoms with Crippen LogP contribution in [0.1, 0.15) is 27.2 Å². The molecule has 1 fully saturated rings. The molecule has 0 aromatic rings. The molecule has 0 aliphatic heterocycles. The van der Waals surface area contributed by atoms with Crippen LogP contribution in [-0.4, -0.2) is 14.9 Å². The topological polar surface area (TPSA) is 9.23 Å². The summed E-state index contributed by atoms with van der Waals surface area (Å²) in [6, 6.07) is 0. The third-order valence-corrected chi connectivity index (χ3v) is 8.44. The molecule has 0 aromatic carbocycles. The van der Waals surface area contributed by atoms with E-state index in [1.54, 1.807) is 0 Å². The number of hydrogen-bond donors (Lipinski definition) is 0. The molecule has 0 radical (unpaired) electrons. The molecule has 0 unspecified atom stereocenters. The Hall–Kier alpha value is 0.467. The van der Waals surface area contributed by atoms with Crippen LogP contribution in [0.5, 0.6) is 0 Å². The monoisotopic (exact) mass is 336 g/mol. The smallest absolute Gasteiger partial charge is 0.191 e. The van der Waals surface area contributed by atoms with E-state index >= 15 is 0 Å². The van der Waals surface area contributed by atoms with E-state index in [-0.39, 0.29) is 0 Å². The van der Waals surface area contributed by atoms with Gasteiger partial charge < -0.3 is 4.43 Å². The molecule has 0 heterocycles. The van der Waals surface area contributed by atoms with Crippen molar-refractivity contribution in [3.63, 3.8) is 0 Å². The second-order valence-electron chi connectivity index (χ2n) is 5.91. The lowest BCUT2D eigenvalue weighted by molar-refractivity contribution is 0.269. The van der Waals surface area contributed by atoms with Gasteiger partial charge in [-0.1, -0.05) is 26.7 Å². The highest BCUT2D eigenvalue weighted by atomic mass is 127. The Kier molecular flexibility index (Phi) is 4.30. The van der Waals surface area contributed by atoms with Gasteiger partial charge in [0.15, 0.2) is 8.32 Å². The van der Waals surface area contributed by atoms with Crippen molar-refractivity contribution in [3.8, 4) is 9.85 Å². The van der Waals surface area contributed by atoms with E-state index in [0.29, 0.717) is 16.9 Å². The lowest BCUT2D eigenvalue weighted by Gasteiger charge is -2.36. The molecule has 0 spiro atoms. The summed E-state index contributed by atoms with van der Waals surface area (Å²) < 4.78 is 9.13.